The zero-order valence-electron chi connectivity index (χ0n) is 8.86. The highest BCUT2D eigenvalue weighted by Gasteiger charge is 2.02. The molecule has 0 bridgehead atoms. The van der Waals surface area contributed by atoms with Gasteiger partial charge in [0.05, 0.1) is 0 Å². The van der Waals surface area contributed by atoms with Crippen LogP contribution in [0, 0.1) is 6.92 Å². The average Bonchev–Trinajstić information content (AvgIpc) is 2.22. The predicted molar refractivity (Wildman–Crippen MR) is 62.8 cm³/mol. The summed E-state index contributed by atoms with van der Waals surface area (Å²) in [6.07, 6.45) is 6.86. The van der Waals surface area contributed by atoms with Crippen LogP contribution in [0.1, 0.15) is 12.0 Å². The molecule has 0 amide bonds. The van der Waals surface area contributed by atoms with Gasteiger partial charge < -0.3 is 4.74 Å². The van der Waals surface area contributed by atoms with Crippen molar-refractivity contribution >= 4 is 0 Å². The lowest BCUT2D eigenvalue weighted by molar-refractivity contribution is 0.441. The molecule has 0 saturated heterocycles. The minimum absolute atomic E-state index is 0.873. The van der Waals surface area contributed by atoms with Gasteiger partial charge in [-0.2, -0.15) is 0 Å². The second-order valence-corrected chi connectivity index (χ2v) is 3.72. The van der Waals surface area contributed by atoms with Gasteiger partial charge in [0.25, 0.3) is 0 Å². The first kappa shape index (κ1) is 9.78. The molecule has 0 heterocycles. The molecule has 76 valence electrons. The summed E-state index contributed by atoms with van der Waals surface area (Å²) in [7, 11) is 0. The zero-order valence-corrected chi connectivity index (χ0v) is 8.86. The van der Waals surface area contributed by atoms with E-state index in [-0.39, 0.29) is 0 Å². The van der Waals surface area contributed by atoms with Crippen molar-refractivity contribution in [3.8, 4) is 5.75 Å². The fourth-order valence-electron chi connectivity index (χ4n) is 1.46. The molecule has 0 saturated carbocycles. The first-order valence-corrected chi connectivity index (χ1v) is 5.04. The Morgan fingerprint density at radius 3 is 2.80 bits per heavy atom. The molecule has 0 spiro atoms. The van der Waals surface area contributed by atoms with Gasteiger partial charge in [-0.3, -0.25) is 0 Å². The summed E-state index contributed by atoms with van der Waals surface area (Å²) in [6.45, 7) is 5.94. The van der Waals surface area contributed by atoms with Crippen LogP contribution in [-0.2, 0) is 0 Å². The SMILES string of the molecule is C=C1C=CC(Oc2cccc(C)c2)=CC1. The molecule has 1 aliphatic carbocycles. The van der Waals surface area contributed by atoms with Crippen molar-refractivity contribution < 1.29 is 4.74 Å². The van der Waals surface area contributed by atoms with Gasteiger partial charge in [-0.1, -0.05) is 30.4 Å². The Bertz CT molecular complexity index is 438. The lowest BCUT2D eigenvalue weighted by atomic mass is 10.1. The van der Waals surface area contributed by atoms with E-state index in [0.717, 1.165) is 23.5 Å². The van der Waals surface area contributed by atoms with E-state index in [1.165, 1.54) is 5.56 Å². The number of allylic oxidation sites excluding steroid dienone is 4. The van der Waals surface area contributed by atoms with Crippen molar-refractivity contribution in [3.05, 3.63) is 66.0 Å². The Morgan fingerprint density at radius 1 is 1.27 bits per heavy atom. The topological polar surface area (TPSA) is 9.23 Å². The van der Waals surface area contributed by atoms with Crippen LogP contribution in [0.5, 0.6) is 5.75 Å². The quantitative estimate of drug-likeness (QED) is 0.702. The molecule has 2 rings (SSSR count). The van der Waals surface area contributed by atoms with E-state index < -0.39 is 0 Å². The first-order valence-electron chi connectivity index (χ1n) is 5.04. The number of hydrogen-bond donors (Lipinski definition) is 0. The van der Waals surface area contributed by atoms with Crippen molar-refractivity contribution in [2.24, 2.45) is 0 Å². The van der Waals surface area contributed by atoms with E-state index in [1.807, 2.05) is 36.4 Å². The molecular formula is C14H14O. The second-order valence-electron chi connectivity index (χ2n) is 3.72. The highest BCUT2D eigenvalue weighted by atomic mass is 16.5. The van der Waals surface area contributed by atoms with Crippen molar-refractivity contribution in [3.63, 3.8) is 0 Å². The highest BCUT2D eigenvalue weighted by Crippen LogP contribution is 2.20. The Balaban J connectivity index is 2.10. The van der Waals surface area contributed by atoms with E-state index in [1.54, 1.807) is 0 Å². The van der Waals surface area contributed by atoms with Gasteiger partial charge in [0.1, 0.15) is 11.5 Å². The van der Waals surface area contributed by atoms with Crippen LogP contribution in [0.2, 0.25) is 0 Å². The minimum atomic E-state index is 0.873. The lowest BCUT2D eigenvalue weighted by Gasteiger charge is -2.10. The number of rotatable bonds is 2. The third kappa shape index (κ3) is 2.59. The summed E-state index contributed by atoms with van der Waals surface area (Å²) in [5.41, 5.74) is 2.32. The van der Waals surface area contributed by atoms with Crippen LogP contribution in [0.25, 0.3) is 0 Å². The molecule has 0 fully saturated rings. The molecule has 0 N–H and O–H groups in total. The number of aryl methyl sites for hydroxylation is 1. The third-order valence-electron chi connectivity index (χ3n) is 2.27. The first-order chi connectivity index (χ1) is 7.24. The molecule has 1 aromatic carbocycles. The zero-order chi connectivity index (χ0) is 10.7. The third-order valence-corrected chi connectivity index (χ3v) is 2.27. The normalized spacial score (nSPS) is 15.0. The molecule has 0 aromatic heterocycles. The molecule has 1 aliphatic rings. The Kier molecular flexibility index (Phi) is 2.72. The van der Waals surface area contributed by atoms with Crippen LogP contribution >= 0.6 is 0 Å². The summed E-state index contributed by atoms with van der Waals surface area (Å²) in [5.74, 6) is 1.78. The van der Waals surface area contributed by atoms with E-state index in [4.69, 9.17) is 4.74 Å². The Labute approximate surface area is 90.4 Å². The Hall–Kier alpha value is -1.76. The van der Waals surface area contributed by atoms with Gasteiger partial charge in [-0.25, -0.2) is 0 Å². The van der Waals surface area contributed by atoms with Crippen molar-refractivity contribution in [2.45, 2.75) is 13.3 Å². The lowest BCUT2D eigenvalue weighted by Crippen LogP contribution is -1.96. The monoisotopic (exact) mass is 198 g/mol. The molecule has 15 heavy (non-hydrogen) atoms. The molecule has 0 aliphatic heterocycles. The maximum absolute atomic E-state index is 5.72. The maximum Gasteiger partial charge on any atom is 0.127 e. The van der Waals surface area contributed by atoms with Crippen molar-refractivity contribution in [1.29, 1.82) is 0 Å². The van der Waals surface area contributed by atoms with Crippen LogP contribution < -0.4 is 4.74 Å². The second kappa shape index (κ2) is 4.18. The van der Waals surface area contributed by atoms with Gasteiger partial charge >= 0.3 is 0 Å². The number of ether oxygens (including phenoxy) is 1. The van der Waals surface area contributed by atoms with Crippen molar-refractivity contribution in [1.82, 2.24) is 0 Å². The maximum atomic E-state index is 5.72. The van der Waals surface area contributed by atoms with E-state index >= 15 is 0 Å². The van der Waals surface area contributed by atoms with Crippen LogP contribution in [0.3, 0.4) is 0 Å². The molecule has 1 aromatic rings. The molecule has 0 atom stereocenters. The molecule has 1 nitrogen and oxygen atoms in total. The van der Waals surface area contributed by atoms with E-state index in [0.29, 0.717) is 0 Å². The molecular weight excluding hydrogens is 184 g/mol. The summed E-state index contributed by atoms with van der Waals surface area (Å²) in [5, 5.41) is 0. The van der Waals surface area contributed by atoms with Gasteiger partial charge in [-0.05, 0) is 43.2 Å². The van der Waals surface area contributed by atoms with Gasteiger partial charge in [0.2, 0.25) is 0 Å². The fraction of sp³-hybridized carbons (Fsp3) is 0.143. The largest absolute Gasteiger partial charge is 0.458 e. The minimum Gasteiger partial charge on any atom is -0.458 e. The van der Waals surface area contributed by atoms with Crippen LogP contribution in [0.15, 0.2) is 60.4 Å². The average molecular weight is 198 g/mol. The van der Waals surface area contributed by atoms with Crippen LogP contribution in [0.4, 0.5) is 0 Å². The van der Waals surface area contributed by atoms with Gasteiger partial charge in [-0.15, -0.1) is 0 Å². The van der Waals surface area contributed by atoms with Crippen molar-refractivity contribution in [2.75, 3.05) is 0 Å². The summed E-state index contributed by atoms with van der Waals surface area (Å²) < 4.78 is 5.72. The van der Waals surface area contributed by atoms with Crippen LogP contribution in [-0.4, -0.2) is 0 Å². The summed E-state index contributed by atoms with van der Waals surface area (Å²) in [6, 6.07) is 8.04. The highest BCUT2D eigenvalue weighted by molar-refractivity contribution is 5.35. The smallest absolute Gasteiger partial charge is 0.127 e. The fourth-order valence-corrected chi connectivity index (χ4v) is 1.46. The van der Waals surface area contributed by atoms with Gasteiger partial charge in [0.15, 0.2) is 0 Å². The summed E-state index contributed by atoms with van der Waals surface area (Å²) >= 11 is 0. The molecule has 1 heteroatoms. The molecule has 0 radical (unpaired) electrons. The number of hydrogen-bond acceptors (Lipinski definition) is 1. The molecule has 0 unspecified atom stereocenters. The van der Waals surface area contributed by atoms with E-state index in [2.05, 4.69) is 19.6 Å². The summed E-state index contributed by atoms with van der Waals surface area (Å²) in [4.78, 5) is 0. The predicted octanol–water partition coefficient (Wildman–Crippen LogP) is 3.77. The van der Waals surface area contributed by atoms with Gasteiger partial charge in [0, 0.05) is 0 Å². The Morgan fingerprint density at radius 2 is 2.13 bits per heavy atom. The van der Waals surface area contributed by atoms with E-state index in [9.17, 15) is 0 Å². The standard InChI is InChI=1S/C14H14O/c1-11-6-8-13(9-7-11)15-14-5-3-4-12(2)10-14/h3-6,8-10H,1,7H2,2H3. The number of benzene rings is 1.